The van der Waals surface area contributed by atoms with Gasteiger partial charge in [-0.1, -0.05) is 58.0 Å². The Labute approximate surface area is 427 Å². The second kappa shape index (κ2) is 21.0. The molecule has 0 spiro atoms. The van der Waals surface area contributed by atoms with Crippen molar-refractivity contribution in [3.63, 3.8) is 0 Å². The van der Waals surface area contributed by atoms with E-state index in [4.69, 9.17) is 19.2 Å². The Morgan fingerprint density at radius 2 is 1.49 bits per heavy atom. The summed E-state index contributed by atoms with van der Waals surface area (Å²) in [5.74, 6) is 0.706. The van der Waals surface area contributed by atoms with Crippen molar-refractivity contribution in [2.24, 2.45) is 4.99 Å². The van der Waals surface area contributed by atoms with Crippen LogP contribution in [0.2, 0.25) is 0 Å². The Hall–Kier alpha value is -6.34. The number of aryl methyl sites for hydroxylation is 2. The van der Waals surface area contributed by atoms with Gasteiger partial charge in [0.15, 0.2) is 16.7 Å². The number of aliphatic imine (C=N–C) groups is 1. The first-order valence-electron chi connectivity index (χ1n) is 23.8. The predicted octanol–water partition coefficient (Wildman–Crippen LogP) is 8.94. The van der Waals surface area contributed by atoms with E-state index in [-0.39, 0.29) is 55.9 Å². The van der Waals surface area contributed by atoms with Crippen molar-refractivity contribution in [3.05, 3.63) is 136 Å². The molecule has 15 nitrogen and oxygen atoms in total. The lowest BCUT2D eigenvalue weighted by Gasteiger charge is -2.23. The number of amides is 4. The zero-order chi connectivity index (χ0) is 50.9. The maximum absolute atomic E-state index is 14.1. The van der Waals surface area contributed by atoms with Gasteiger partial charge in [-0.3, -0.25) is 33.3 Å². The van der Waals surface area contributed by atoms with Gasteiger partial charge in [0.2, 0.25) is 11.8 Å². The zero-order valence-corrected chi connectivity index (χ0v) is 43.4. The maximum atomic E-state index is 14.1. The van der Waals surface area contributed by atoms with Crippen LogP contribution in [0.4, 0.5) is 22.7 Å². The van der Waals surface area contributed by atoms with Crippen LogP contribution in [0.3, 0.4) is 0 Å². The number of nitrogens with one attached hydrogen (secondary N) is 2. The maximum Gasteiger partial charge on any atom is 0.279 e. The van der Waals surface area contributed by atoms with E-state index in [1.165, 1.54) is 34.2 Å². The van der Waals surface area contributed by atoms with E-state index in [1.807, 2.05) is 110 Å². The van der Waals surface area contributed by atoms with Crippen LogP contribution in [0.5, 0.6) is 17.2 Å². The second-order valence-electron chi connectivity index (χ2n) is 18.9. The van der Waals surface area contributed by atoms with Crippen molar-refractivity contribution in [2.75, 3.05) is 42.1 Å². The average Bonchev–Trinajstić information content (AvgIpc) is 3.85. The van der Waals surface area contributed by atoms with Crippen LogP contribution >= 0.6 is 21.6 Å². The molecule has 72 heavy (non-hydrogen) atoms. The van der Waals surface area contributed by atoms with Gasteiger partial charge in [0, 0.05) is 71.3 Å². The molecule has 376 valence electrons. The summed E-state index contributed by atoms with van der Waals surface area (Å²) in [5.41, 5.74) is 9.35. The van der Waals surface area contributed by atoms with E-state index in [9.17, 15) is 27.6 Å². The van der Waals surface area contributed by atoms with Gasteiger partial charge in [0.1, 0.15) is 19.0 Å². The molecule has 9 rings (SSSR count). The highest BCUT2D eigenvalue weighted by atomic mass is 33.1. The minimum atomic E-state index is -4.09. The number of carbonyl (C=O) groups excluding carboxylic acids is 4. The molecular formula is C54H57N5O10S3. The van der Waals surface area contributed by atoms with Crippen molar-refractivity contribution < 1.29 is 46.0 Å². The van der Waals surface area contributed by atoms with E-state index in [1.54, 1.807) is 19.2 Å². The van der Waals surface area contributed by atoms with Crippen LogP contribution in [-0.4, -0.2) is 87.4 Å². The van der Waals surface area contributed by atoms with Crippen molar-refractivity contribution in [3.8, 4) is 17.2 Å². The Morgan fingerprint density at radius 1 is 0.819 bits per heavy atom. The minimum absolute atomic E-state index is 0.0312. The summed E-state index contributed by atoms with van der Waals surface area (Å²) < 4.78 is 47.7. The summed E-state index contributed by atoms with van der Waals surface area (Å²) >= 11 is 0. The number of anilines is 3. The number of hydrogen-bond donors (Lipinski definition) is 2. The third-order valence-electron chi connectivity index (χ3n) is 13.4. The van der Waals surface area contributed by atoms with Gasteiger partial charge in [-0.15, -0.1) is 0 Å². The number of benzene rings is 5. The summed E-state index contributed by atoms with van der Waals surface area (Å²) in [7, 11) is 2.67. The van der Waals surface area contributed by atoms with Crippen LogP contribution < -0.4 is 34.6 Å². The zero-order valence-electron chi connectivity index (χ0n) is 41.0. The van der Waals surface area contributed by atoms with Gasteiger partial charge < -0.3 is 29.7 Å². The van der Waals surface area contributed by atoms with Gasteiger partial charge in [-0.25, -0.2) is 0 Å². The summed E-state index contributed by atoms with van der Waals surface area (Å²) in [6, 6.07) is 28.8. The number of hydrogen-bond acceptors (Lipinski definition) is 13. The number of fused-ring (bicyclic) bond motifs is 8. The number of methoxy groups -OCH3 is 1. The van der Waals surface area contributed by atoms with Crippen LogP contribution in [0.1, 0.15) is 87.2 Å². The molecule has 18 heteroatoms. The molecule has 0 saturated carbocycles. The Bertz CT molecular complexity index is 3110. The Kier molecular flexibility index (Phi) is 14.8. The lowest BCUT2D eigenvalue weighted by molar-refractivity contribution is -0.120. The Morgan fingerprint density at radius 3 is 2.18 bits per heavy atom. The fraction of sp³-hybridized carbons (Fsp3) is 0.352. The highest BCUT2D eigenvalue weighted by Gasteiger charge is 2.39. The first-order chi connectivity index (χ1) is 34.6. The molecule has 0 aromatic heterocycles. The lowest BCUT2D eigenvalue weighted by Crippen LogP contribution is -2.39. The molecule has 4 aliphatic heterocycles. The molecule has 0 saturated heterocycles. The molecule has 4 aliphatic rings. The van der Waals surface area contributed by atoms with E-state index in [0.29, 0.717) is 58.3 Å². The molecule has 0 bridgehead atoms. The number of carbonyl (C=O) groups is 4. The van der Waals surface area contributed by atoms with Gasteiger partial charge in [0.05, 0.1) is 31.5 Å². The summed E-state index contributed by atoms with van der Waals surface area (Å²) in [6.45, 7) is 5.93. The van der Waals surface area contributed by atoms with Crippen molar-refractivity contribution in [2.45, 2.75) is 94.6 Å². The molecule has 0 fully saturated rings. The lowest BCUT2D eigenvalue weighted by atomic mass is 9.99. The van der Waals surface area contributed by atoms with E-state index < -0.39 is 26.0 Å². The molecule has 4 heterocycles. The quantitative estimate of drug-likeness (QED) is 0.0484. The number of para-hydroxylation sites is 2. The minimum Gasteiger partial charge on any atom is -0.493 e. The van der Waals surface area contributed by atoms with Crippen molar-refractivity contribution in [1.82, 2.24) is 5.32 Å². The van der Waals surface area contributed by atoms with Crippen molar-refractivity contribution in [1.29, 1.82) is 0 Å². The van der Waals surface area contributed by atoms with Gasteiger partial charge in [-0.05, 0) is 128 Å². The van der Waals surface area contributed by atoms with Crippen LogP contribution in [-0.2, 0) is 56.4 Å². The molecule has 1 unspecified atom stereocenters. The van der Waals surface area contributed by atoms with E-state index in [2.05, 4.69) is 20.9 Å². The average molecular weight is 1030 g/mol. The van der Waals surface area contributed by atoms with Gasteiger partial charge in [0.25, 0.3) is 21.9 Å². The van der Waals surface area contributed by atoms with E-state index in [0.717, 1.165) is 59.1 Å². The standard InChI is InChI=1S/C54H57N5O10S3/c1-32-19-42-43(56-29-40-24-37-12-8-10-14-45(37)59(40)53(42)63)27-46(32)68-30-33-20-34(22-38(21-33)57-50(60)28-54(2,3)71-70-18-17-49(51(61)55-4)72(64,65)67-6)31-69-48-25-35-15-16-39-23-36-11-7-9-13-44(36)58(39)52(62)41(35)26-47(48)66-5/h7-14,19-22,25-27,29,39-40,49H,15-18,23-24,28,30-31H2,1-6H3,(H,55,61)(H,57,60)/t39-,40+,49?/m1/s1. The number of ether oxygens (including phenoxy) is 3. The third-order valence-corrected chi connectivity index (χ3v) is 18.3. The van der Waals surface area contributed by atoms with Gasteiger partial charge in [-0.2, -0.15) is 8.42 Å². The SMILES string of the molecule is CNC(=O)C(CCSSC(C)(C)CC(=O)Nc1cc(COc2cc3c(cc2C)C(=O)N2c4ccccc4C[C@H]2C=N3)cc(COc2cc3c(cc2OC)C(=O)N2c4ccccc4C[C@H]2CC3)c1)S(=O)(=O)OC. The van der Waals surface area contributed by atoms with Gasteiger partial charge >= 0.3 is 0 Å². The third kappa shape index (κ3) is 10.6. The molecule has 2 N–H and O–H groups in total. The second-order valence-corrected chi connectivity index (χ2v) is 23.9. The molecule has 5 aromatic rings. The predicted molar refractivity (Wildman–Crippen MR) is 283 cm³/mol. The molecule has 5 aromatic carbocycles. The number of nitrogens with zero attached hydrogens (tertiary/aromatic N) is 3. The highest BCUT2D eigenvalue weighted by molar-refractivity contribution is 8.77. The van der Waals surface area contributed by atoms with Crippen LogP contribution in [0.25, 0.3) is 0 Å². The topological polar surface area (TPSA) is 182 Å². The smallest absolute Gasteiger partial charge is 0.279 e. The van der Waals surface area contributed by atoms with Crippen LogP contribution in [0, 0.1) is 6.92 Å². The fourth-order valence-corrected chi connectivity index (χ4v) is 13.6. The first-order valence-corrected chi connectivity index (χ1v) is 27.6. The van der Waals surface area contributed by atoms with Crippen molar-refractivity contribution >= 4 is 84.3 Å². The molecule has 0 radical (unpaired) electrons. The normalized spacial score (nSPS) is 17.1. The molecule has 0 aliphatic carbocycles. The molecule has 4 amide bonds. The molecular weight excluding hydrogens is 975 g/mol. The summed E-state index contributed by atoms with van der Waals surface area (Å²) in [6.07, 6.45) is 4.96. The largest absolute Gasteiger partial charge is 0.493 e. The first kappa shape index (κ1) is 50.6. The van der Waals surface area contributed by atoms with Crippen LogP contribution in [0.15, 0.2) is 96.0 Å². The number of rotatable bonds is 18. The van der Waals surface area contributed by atoms with E-state index >= 15 is 0 Å². The monoisotopic (exact) mass is 1030 g/mol. The Balaban J connectivity index is 0.931. The highest BCUT2D eigenvalue weighted by Crippen LogP contribution is 2.43. The fourth-order valence-electron chi connectivity index (χ4n) is 9.88. The summed E-state index contributed by atoms with van der Waals surface area (Å²) in [4.78, 5) is 62.8. The molecule has 3 atom stereocenters. The summed E-state index contributed by atoms with van der Waals surface area (Å²) in [5, 5.41) is 4.11.